The molecule has 1 saturated heterocycles. The molecule has 0 radical (unpaired) electrons. The van der Waals surface area contributed by atoms with Crippen molar-refractivity contribution < 1.29 is 28.9 Å². The van der Waals surface area contributed by atoms with Gasteiger partial charge in [-0.25, -0.2) is 9.79 Å². The maximum absolute atomic E-state index is 12.6. The average molecular weight is 428 g/mol. The van der Waals surface area contributed by atoms with E-state index in [4.69, 9.17) is 19.3 Å². The topological polar surface area (TPSA) is 97.7 Å². The maximum atomic E-state index is 12.6. The second-order valence-corrected chi connectivity index (χ2v) is 7.17. The number of thioether (sulfide) groups is 1. The van der Waals surface area contributed by atoms with E-state index in [2.05, 4.69) is 4.99 Å². The molecule has 1 heterocycles. The zero-order chi connectivity index (χ0) is 21.7. The first-order valence-corrected chi connectivity index (χ1v) is 9.66. The van der Waals surface area contributed by atoms with E-state index in [1.807, 2.05) is 12.1 Å². The minimum Gasteiger partial charge on any atom is -0.497 e. The molecule has 156 valence electrons. The van der Waals surface area contributed by atoms with Gasteiger partial charge in [0, 0.05) is 7.05 Å². The second kappa shape index (κ2) is 9.36. The number of hydrogen-bond acceptors (Lipinski definition) is 7. The third-order valence-electron chi connectivity index (χ3n) is 4.14. The van der Waals surface area contributed by atoms with Gasteiger partial charge in [0.25, 0.3) is 5.91 Å². The number of amides is 1. The molecule has 30 heavy (non-hydrogen) atoms. The van der Waals surface area contributed by atoms with Crippen molar-refractivity contribution in [2.45, 2.75) is 0 Å². The summed E-state index contributed by atoms with van der Waals surface area (Å²) < 4.78 is 15.6. The number of amidine groups is 1. The first-order valence-electron chi connectivity index (χ1n) is 8.84. The number of carbonyl (C=O) groups is 2. The summed E-state index contributed by atoms with van der Waals surface area (Å²) in [6.45, 7) is -0.471. The minimum atomic E-state index is -1.08. The van der Waals surface area contributed by atoms with E-state index in [0.29, 0.717) is 32.8 Å². The fraction of sp³-hybridized carbons (Fsp3) is 0.190. The normalized spacial score (nSPS) is 16.2. The number of methoxy groups -OCH3 is 2. The summed E-state index contributed by atoms with van der Waals surface area (Å²) in [6.07, 6.45) is 1.73. The molecule has 3 rings (SSSR count). The molecule has 0 saturated carbocycles. The highest BCUT2D eigenvalue weighted by atomic mass is 32.2. The van der Waals surface area contributed by atoms with Crippen LogP contribution in [0.25, 0.3) is 6.08 Å². The predicted octanol–water partition coefficient (Wildman–Crippen LogP) is 3.40. The molecule has 9 heteroatoms. The molecule has 0 unspecified atom stereocenters. The maximum Gasteiger partial charge on any atom is 0.341 e. The van der Waals surface area contributed by atoms with E-state index in [1.165, 1.54) is 23.8 Å². The van der Waals surface area contributed by atoms with Gasteiger partial charge in [0.05, 0.1) is 24.8 Å². The van der Waals surface area contributed by atoms with Gasteiger partial charge in [-0.2, -0.15) is 0 Å². The van der Waals surface area contributed by atoms with Crippen LogP contribution in [0, 0.1) is 0 Å². The Balaban J connectivity index is 1.82. The highest BCUT2D eigenvalue weighted by Crippen LogP contribution is 2.35. The van der Waals surface area contributed by atoms with Crippen LogP contribution < -0.4 is 14.2 Å². The molecule has 0 aromatic heterocycles. The third-order valence-corrected chi connectivity index (χ3v) is 5.20. The van der Waals surface area contributed by atoms with E-state index in [0.717, 1.165) is 5.75 Å². The Hall–Kier alpha value is -3.46. The minimum absolute atomic E-state index is 0.169. The van der Waals surface area contributed by atoms with Crippen molar-refractivity contribution in [2.24, 2.45) is 4.99 Å². The number of carbonyl (C=O) groups excluding carboxylic acids is 1. The molecular weight excluding hydrogens is 408 g/mol. The number of aliphatic imine (C=N–C) groups is 1. The summed E-state index contributed by atoms with van der Waals surface area (Å²) >= 11 is 1.26. The van der Waals surface area contributed by atoms with Gasteiger partial charge >= 0.3 is 5.97 Å². The van der Waals surface area contributed by atoms with Crippen molar-refractivity contribution in [3.05, 3.63) is 52.9 Å². The standard InChI is InChI=1S/C21H20N2O6S/c1-23-20(26)18(30-21(23)22-14-5-7-15(27-2)8-6-14)11-13-4-9-16(17(10-13)28-3)29-12-19(24)25/h4-11H,12H2,1-3H3,(H,24,25). The average Bonchev–Trinajstić information content (AvgIpc) is 3.00. The van der Waals surface area contributed by atoms with Gasteiger partial charge in [0.2, 0.25) is 0 Å². The molecule has 2 aromatic rings. The Morgan fingerprint density at radius 2 is 1.87 bits per heavy atom. The molecule has 0 aliphatic carbocycles. The van der Waals surface area contributed by atoms with Gasteiger partial charge in [0.15, 0.2) is 23.3 Å². The smallest absolute Gasteiger partial charge is 0.341 e. The highest BCUT2D eigenvalue weighted by molar-refractivity contribution is 8.18. The van der Waals surface area contributed by atoms with E-state index in [9.17, 15) is 9.59 Å². The number of hydrogen-bond donors (Lipinski definition) is 1. The molecule has 0 atom stereocenters. The van der Waals surface area contributed by atoms with Crippen molar-refractivity contribution in [3.63, 3.8) is 0 Å². The summed E-state index contributed by atoms with van der Waals surface area (Å²) in [7, 11) is 4.72. The van der Waals surface area contributed by atoms with E-state index < -0.39 is 12.6 Å². The third kappa shape index (κ3) is 4.93. The van der Waals surface area contributed by atoms with Crippen LogP contribution in [0.2, 0.25) is 0 Å². The molecule has 0 bridgehead atoms. The molecule has 2 aromatic carbocycles. The lowest BCUT2D eigenvalue weighted by molar-refractivity contribution is -0.139. The zero-order valence-electron chi connectivity index (χ0n) is 16.6. The summed E-state index contributed by atoms with van der Waals surface area (Å²) in [5.74, 6) is 0.168. The van der Waals surface area contributed by atoms with Crippen molar-refractivity contribution in [2.75, 3.05) is 27.9 Å². The zero-order valence-corrected chi connectivity index (χ0v) is 17.4. The van der Waals surface area contributed by atoms with Crippen molar-refractivity contribution >= 4 is 40.6 Å². The van der Waals surface area contributed by atoms with Gasteiger partial charge in [-0.3, -0.25) is 9.69 Å². The fourth-order valence-electron chi connectivity index (χ4n) is 2.60. The molecule has 1 N–H and O–H groups in total. The second-order valence-electron chi connectivity index (χ2n) is 6.16. The first-order chi connectivity index (χ1) is 14.4. The van der Waals surface area contributed by atoms with Crippen LogP contribution in [0.5, 0.6) is 17.2 Å². The monoisotopic (exact) mass is 428 g/mol. The fourth-order valence-corrected chi connectivity index (χ4v) is 3.59. The predicted molar refractivity (Wildman–Crippen MR) is 115 cm³/mol. The van der Waals surface area contributed by atoms with Crippen LogP contribution in [0.15, 0.2) is 52.4 Å². The Morgan fingerprint density at radius 3 is 2.50 bits per heavy atom. The number of rotatable bonds is 7. The summed E-state index contributed by atoms with van der Waals surface area (Å²) in [5.41, 5.74) is 1.42. The summed E-state index contributed by atoms with van der Waals surface area (Å²) in [4.78, 5) is 29.8. The molecule has 1 amide bonds. The Labute approximate surface area is 177 Å². The Bertz CT molecular complexity index is 1020. The molecule has 1 aliphatic heterocycles. The number of carboxylic acid groups (broad SMARTS) is 1. The lowest BCUT2D eigenvalue weighted by Crippen LogP contribution is -2.23. The number of benzene rings is 2. The molecule has 8 nitrogen and oxygen atoms in total. The number of likely N-dealkylation sites (N-methyl/N-ethyl adjacent to an activating group) is 1. The molecule has 1 fully saturated rings. The summed E-state index contributed by atoms with van der Waals surface area (Å²) in [6, 6.07) is 12.2. The highest BCUT2D eigenvalue weighted by Gasteiger charge is 2.30. The Kier molecular flexibility index (Phi) is 6.63. The number of aliphatic carboxylic acids is 1. The SMILES string of the molecule is COc1ccc(N=C2SC(=Cc3ccc(OCC(=O)O)c(OC)c3)C(=O)N2C)cc1. The van der Waals surface area contributed by atoms with Gasteiger partial charge in [-0.15, -0.1) is 0 Å². The van der Waals surface area contributed by atoms with E-state index in [1.54, 1.807) is 50.6 Å². The lowest BCUT2D eigenvalue weighted by Gasteiger charge is -2.09. The molecule has 1 aliphatic rings. The Morgan fingerprint density at radius 1 is 1.13 bits per heavy atom. The van der Waals surface area contributed by atoms with Crippen LogP contribution in [-0.4, -0.2) is 54.9 Å². The molecular formula is C21H20N2O6S. The van der Waals surface area contributed by atoms with Gasteiger partial charge in [-0.1, -0.05) is 6.07 Å². The van der Waals surface area contributed by atoms with Gasteiger partial charge in [0.1, 0.15) is 5.75 Å². The van der Waals surface area contributed by atoms with Crippen LogP contribution in [-0.2, 0) is 9.59 Å². The van der Waals surface area contributed by atoms with E-state index >= 15 is 0 Å². The summed E-state index contributed by atoms with van der Waals surface area (Å²) in [5, 5.41) is 9.32. The van der Waals surface area contributed by atoms with Crippen molar-refractivity contribution in [1.82, 2.24) is 4.90 Å². The van der Waals surface area contributed by atoms with Crippen LogP contribution in [0.1, 0.15) is 5.56 Å². The number of carboxylic acids is 1. The first kappa shape index (κ1) is 21.3. The van der Waals surface area contributed by atoms with Crippen molar-refractivity contribution in [1.29, 1.82) is 0 Å². The molecule has 0 spiro atoms. The largest absolute Gasteiger partial charge is 0.497 e. The number of nitrogens with zero attached hydrogens (tertiary/aromatic N) is 2. The van der Waals surface area contributed by atoms with Crippen LogP contribution in [0.3, 0.4) is 0 Å². The van der Waals surface area contributed by atoms with Crippen LogP contribution in [0.4, 0.5) is 5.69 Å². The van der Waals surface area contributed by atoms with Gasteiger partial charge in [-0.05, 0) is 59.8 Å². The van der Waals surface area contributed by atoms with E-state index in [-0.39, 0.29) is 5.91 Å². The van der Waals surface area contributed by atoms with Gasteiger partial charge < -0.3 is 19.3 Å². The van der Waals surface area contributed by atoms with Crippen LogP contribution >= 0.6 is 11.8 Å². The quantitative estimate of drug-likeness (QED) is 0.675. The van der Waals surface area contributed by atoms with Crippen molar-refractivity contribution in [3.8, 4) is 17.2 Å². The number of ether oxygens (including phenoxy) is 3. The lowest BCUT2D eigenvalue weighted by atomic mass is 10.2.